The van der Waals surface area contributed by atoms with E-state index >= 15 is 0 Å². The van der Waals surface area contributed by atoms with Gasteiger partial charge in [0.05, 0.1) is 6.07 Å². The predicted molar refractivity (Wildman–Crippen MR) is 74.9 cm³/mol. The second-order valence-corrected chi connectivity index (χ2v) is 5.52. The van der Waals surface area contributed by atoms with Crippen molar-refractivity contribution in [3.63, 3.8) is 0 Å². The van der Waals surface area contributed by atoms with Crippen LogP contribution in [0.2, 0.25) is 0 Å². The van der Waals surface area contributed by atoms with Crippen molar-refractivity contribution in [2.45, 2.75) is 18.9 Å². The van der Waals surface area contributed by atoms with Gasteiger partial charge in [0, 0.05) is 32.6 Å². The summed E-state index contributed by atoms with van der Waals surface area (Å²) in [7, 11) is 2.11. The molecule has 0 spiro atoms. The van der Waals surface area contributed by atoms with Crippen LogP contribution in [0.3, 0.4) is 0 Å². The molecule has 0 saturated carbocycles. The number of phenolic OH excluding ortho intramolecular Hbond substituents is 1. The van der Waals surface area contributed by atoms with E-state index in [4.69, 9.17) is 0 Å². The third kappa shape index (κ3) is 3.25. The Bertz CT molecular complexity index is 475. The Balaban J connectivity index is 2.12. The lowest BCUT2D eigenvalue weighted by atomic mass is 9.91. The Hall–Kier alpha value is -1.57. The van der Waals surface area contributed by atoms with Gasteiger partial charge in [0.2, 0.25) is 0 Å². The third-order valence-electron chi connectivity index (χ3n) is 3.90. The molecule has 1 saturated heterocycles. The number of rotatable bonds is 3. The van der Waals surface area contributed by atoms with Crippen LogP contribution in [0, 0.1) is 11.3 Å². The Kier molecular flexibility index (Phi) is 4.08. The zero-order valence-electron chi connectivity index (χ0n) is 11.6. The molecule has 0 aromatic heterocycles. The molecule has 1 atom stereocenters. The summed E-state index contributed by atoms with van der Waals surface area (Å²) in [5.41, 5.74) is 0.498. The summed E-state index contributed by atoms with van der Waals surface area (Å²) in [5, 5.41) is 19.1. The first-order valence-electron chi connectivity index (χ1n) is 6.66. The monoisotopic (exact) mass is 259 g/mol. The average molecular weight is 259 g/mol. The van der Waals surface area contributed by atoms with Crippen molar-refractivity contribution in [1.82, 2.24) is 9.80 Å². The molecule has 1 heterocycles. The number of hydrogen-bond acceptors (Lipinski definition) is 4. The van der Waals surface area contributed by atoms with E-state index < -0.39 is 5.54 Å². The Morgan fingerprint density at radius 1 is 1.32 bits per heavy atom. The number of nitriles is 1. The zero-order chi connectivity index (χ0) is 13.9. The summed E-state index contributed by atoms with van der Waals surface area (Å²) in [4.78, 5) is 4.53. The molecule has 4 nitrogen and oxygen atoms in total. The molecule has 19 heavy (non-hydrogen) atoms. The highest BCUT2D eigenvalue weighted by molar-refractivity contribution is 5.30. The molecule has 0 bridgehead atoms. The fourth-order valence-electron chi connectivity index (χ4n) is 2.59. The highest BCUT2D eigenvalue weighted by Gasteiger charge is 2.33. The van der Waals surface area contributed by atoms with Crippen molar-refractivity contribution in [3.8, 4) is 11.8 Å². The number of aromatic hydroxyl groups is 1. The third-order valence-corrected chi connectivity index (χ3v) is 3.90. The fourth-order valence-corrected chi connectivity index (χ4v) is 2.59. The van der Waals surface area contributed by atoms with Crippen LogP contribution in [-0.2, 0) is 6.42 Å². The van der Waals surface area contributed by atoms with Gasteiger partial charge in [0.25, 0.3) is 0 Å². The number of benzene rings is 1. The summed E-state index contributed by atoms with van der Waals surface area (Å²) < 4.78 is 0. The van der Waals surface area contributed by atoms with E-state index in [-0.39, 0.29) is 5.75 Å². The van der Waals surface area contributed by atoms with Crippen LogP contribution >= 0.6 is 0 Å². The van der Waals surface area contributed by atoms with Gasteiger partial charge in [-0.2, -0.15) is 5.26 Å². The topological polar surface area (TPSA) is 50.5 Å². The average Bonchev–Trinajstić information content (AvgIpc) is 2.39. The van der Waals surface area contributed by atoms with Gasteiger partial charge < -0.3 is 10.0 Å². The predicted octanol–water partition coefficient (Wildman–Crippen LogP) is 1.46. The molecule has 1 aromatic rings. The van der Waals surface area contributed by atoms with E-state index in [1.807, 2.05) is 19.1 Å². The first-order chi connectivity index (χ1) is 9.03. The second-order valence-electron chi connectivity index (χ2n) is 5.52. The Morgan fingerprint density at radius 2 is 2.00 bits per heavy atom. The molecule has 1 aromatic carbocycles. The lowest BCUT2D eigenvalue weighted by Gasteiger charge is -2.41. The van der Waals surface area contributed by atoms with Crippen molar-refractivity contribution in [1.29, 1.82) is 5.26 Å². The van der Waals surface area contributed by atoms with E-state index in [0.717, 1.165) is 31.7 Å². The summed E-state index contributed by atoms with van der Waals surface area (Å²) in [6.45, 7) is 5.82. The van der Waals surface area contributed by atoms with Gasteiger partial charge in [-0.3, -0.25) is 4.90 Å². The Labute approximate surface area is 114 Å². The van der Waals surface area contributed by atoms with Gasteiger partial charge in [-0.05, 0) is 31.7 Å². The maximum atomic E-state index is 9.57. The van der Waals surface area contributed by atoms with Crippen molar-refractivity contribution in [2.75, 3.05) is 33.2 Å². The number of piperazine rings is 1. The van der Waals surface area contributed by atoms with Gasteiger partial charge in [0.15, 0.2) is 0 Å². The van der Waals surface area contributed by atoms with Gasteiger partial charge in [-0.25, -0.2) is 0 Å². The Morgan fingerprint density at radius 3 is 2.58 bits per heavy atom. The van der Waals surface area contributed by atoms with Gasteiger partial charge in [0.1, 0.15) is 11.3 Å². The van der Waals surface area contributed by atoms with Crippen LogP contribution in [0.5, 0.6) is 5.75 Å². The van der Waals surface area contributed by atoms with E-state index in [1.165, 1.54) is 0 Å². The van der Waals surface area contributed by atoms with Crippen LogP contribution < -0.4 is 0 Å². The van der Waals surface area contributed by atoms with E-state index in [9.17, 15) is 10.4 Å². The highest BCUT2D eigenvalue weighted by Crippen LogP contribution is 2.23. The summed E-state index contributed by atoms with van der Waals surface area (Å²) in [5.74, 6) is 0.260. The molecule has 1 aliphatic heterocycles. The highest BCUT2D eigenvalue weighted by atomic mass is 16.3. The van der Waals surface area contributed by atoms with Crippen LogP contribution in [0.1, 0.15) is 12.5 Å². The number of nitrogens with zero attached hydrogens (tertiary/aromatic N) is 3. The van der Waals surface area contributed by atoms with Crippen molar-refractivity contribution in [3.05, 3.63) is 29.8 Å². The van der Waals surface area contributed by atoms with E-state index in [1.54, 1.807) is 12.1 Å². The van der Waals surface area contributed by atoms with Crippen molar-refractivity contribution in [2.24, 2.45) is 0 Å². The lowest BCUT2D eigenvalue weighted by Crippen LogP contribution is -2.55. The maximum absolute atomic E-state index is 9.57. The van der Waals surface area contributed by atoms with Crippen LogP contribution in [0.25, 0.3) is 0 Å². The quantitative estimate of drug-likeness (QED) is 0.893. The minimum absolute atomic E-state index is 0.260. The lowest BCUT2D eigenvalue weighted by molar-refractivity contribution is 0.0835. The van der Waals surface area contributed by atoms with Gasteiger partial charge in [-0.1, -0.05) is 12.1 Å². The number of hydrogen-bond donors (Lipinski definition) is 1. The van der Waals surface area contributed by atoms with Crippen LogP contribution in [-0.4, -0.2) is 53.7 Å². The van der Waals surface area contributed by atoms with E-state index in [2.05, 4.69) is 22.9 Å². The molecule has 0 aliphatic carbocycles. The van der Waals surface area contributed by atoms with Gasteiger partial charge >= 0.3 is 0 Å². The molecule has 1 aliphatic rings. The first-order valence-corrected chi connectivity index (χ1v) is 6.66. The standard InChI is InChI=1S/C15H21N3O/c1-15(12-16,18-8-6-17(2)7-9-18)11-13-4-3-5-14(19)10-13/h3-5,10,19H,6-9,11H2,1-2H3. The molecule has 2 rings (SSSR count). The largest absolute Gasteiger partial charge is 0.508 e. The first kappa shape index (κ1) is 13.9. The molecule has 1 fully saturated rings. The summed E-state index contributed by atoms with van der Waals surface area (Å²) in [6, 6.07) is 9.64. The SMILES string of the molecule is CN1CCN(C(C)(C#N)Cc2cccc(O)c2)CC1. The van der Waals surface area contributed by atoms with Crippen molar-refractivity contribution < 1.29 is 5.11 Å². The molecule has 0 radical (unpaired) electrons. The normalized spacial score (nSPS) is 20.7. The van der Waals surface area contributed by atoms with Crippen LogP contribution in [0.15, 0.2) is 24.3 Å². The fraction of sp³-hybridized carbons (Fsp3) is 0.533. The molecule has 0 amide bonds. The molecular formula is C15H21N3O. The summed E-state index contributed by atoms with van der Waals surface area (Å²) in [6.07, 6.45) is 0.640. The summed E-state index contributed by atoms with van der Waals surface area (Å²) >= 11 is 0. The van der Waals surface area contributed by atoms with Crippen molar-refractivity contribution >= 4 is 0 Å². The van der Waals surface area contributed by atoms with Gasteiger partial charge in [-0.15, -0.1) is 0 Å². The number of phenols is 1. The smallest absolute Gasteiger partial charge is 0.115 e. The molecular weight excluding hydrogens is 238 g/mol. The molecule has 1 unspecified atom stereocenters. The second kappa shape index (κ2) is 5.60. The minimum atomic E-state index is -0.505. The molecule has 1 N–H and O–H groups in total. The molecule has 4 heteroatoms. The van der Waals surface area contributed by atoms with E-state index in [0.29, 0.717) is 6.42 Å². The minimum Gasteiger partial charge on any atom is -0.508 e. The zero-order valence-corrected chi connectivity index (χ0v) is 11.6. The molecule has 102 valence electrons. The maximum Gasteiger partial charge on any atom is 0.115 e. The number of likely N-dealkylation sites (N-methyl/N-ethyl adjacent to an activating group) is 1. The van der Waals surface area contributed by atoms with Crippen LogP contribution in [0.4, 0.5) is 0 Å².